The molecular weight excluding hydrogens is 499 g/mol. The SMILES string of the molecule is O=[C]([BiH])OC1[C@@H](COC(=O)c2ccccc2)OC(=O)C1(F)F. The monoisotopic (exact) mass is 509 g/mol. The molecule has 1 unspecified atom stereocenters. The van der Waals surface area contributed by atoms with Crippen LogP contribution >= 0.6 is 0 Å². The third kappa shape index (κ3) is 3.58. The molecule has 1 saturated heterocycles. The van der Waals surface area contributed by atoms with Crippen molar-refractivity contribution < 1.29 is 37.4 Å². The number of rotatable bonds is 4. The fourth-order valence-corrected chi connectivity index (χ4v) is 2.32. The summed E-state index contributed by atoms with van der Waals surface area (Å²) in [6.45, 7) is -0.630. The van der Waals surface area contributed by atoms with Crippen LogP contribution < -0.4 is 0 Å². The molecule has 1 aromatic rings. The number of esters is 2. The normalized spacial score (nSPS) is 22.8. The van der Waals surface area contributed by atoms with E-state index in [1.807, 2.05) is 0 Å². The number of hydrogen-bond donors (Lipinski definition) is 0. The van der Waals surface area contributed by atoms with Crippen LogP contribution in [0.25, 0.3) is 0 Å². The molecule has 0 bridgehead atoms. The summed E-state index contributed by atoms with van der Waals surface area (Å²) in [5.41, 5.74) is 0.218. The molecule has 2 rings (SSSR count). The molecule has 1 aliphatic rings. The number of carbonyl (C=O) groups excluding carboxylic acids is 3. The van der Waals surface area contributed by atoms with Crippen molar-refractivity contribution in [1.82, 2.24) is 0 Å². The molecule has 2 atom stereocenters. The Morgan fingerprint density at radius 3 is 2.50 bits per heavy atom. The van der Waals surface area contributed by atoms with Gasteiger partial charge in [-0.15, -0.1) is 0 Å². The Bertz CT molecular complexity index is 591. The van der Waals surface area contributed by atoms with Gasteiger partial charge in [0.05, 0.1) is 0 Å². The van der Waals surface area contributed by atoms with Crippen molar-refractivity contribution in [3.63, 3.8) is 0 Å². The predicted octanol–water partition coefficient (Wildman–Crippen LogP) is 0.810. The Morgan fingerprint density at radius 2 is 1.91 bits per heavy atom. The van der Waals surface area contributed by atoms with Crippen LogP contribution in [0.1, 0.15) is 10.4 Å². The zero-order chi connectivity index (χ0) is 16.3. The molecule has 6 nitrogen and oxygen atoms in total. The topological polar surface area (TPSA) is 78.9 Å². The van der Waals surface area contributed by atoms with Crippen LogP contribution in [-0.4, -0.2) is 65.1 Å². The molecule has 0 aromatic heterocycles. The van der Waals surface area contributed by atoms with E-state index in [2.05, 4.69) is 9.47 Å². The van der Waals surface area contributed by atoms with Gasteiger partial charge in [0.25, 0.3) is 0 Å². The number of cyclic esters (lactones) is 1. The number of ether oxygens (including phenoxy) is 3. The van der Waals surface area contributed by atoms with Gasteiger partial charge in [0.1, 0.15) is 0 Å². The zero-order valence-electron chi connectivity index (χ0n) is 11.0. The van der Waals surface area contributed by atoms with E-state index in [0.717, 1.165) is 0 Å². The molecule has 1 fully saturated rings. The Balaban J connectivity index is 2.03. The molecule has 1 aromatic carbocycles. The minimum atomic E-state index is -3.95. The summed E-state index contributed by atoms with van der Waals surface area (Å²) in [6.07, 6.45) is -3.62. The van der Waals surface area contributed by atoms with E-state index in [9.17, 15) is 23.2 Å². The van der Waals surface area contributed by atoms with E-state index in [4.69, 9.17) is 4.74 Å². The van der Waals surface area contributed by atoms with Crippen molar-refractivity contribution in [2.45, 2.75) is 18.1 Å². The molecule has 0 aliphatic carbocycles. The van der Waals surface area contributed by atoms with Crippen molar-refractivity contribution in [2.75, 3.05) is 6.61 Å². The standard InChI is InChI=1S/C13H9F2O6.Bi.H/c14-13(15)10(20-7-16)9(21-12(13)18)6-19-11(17)8-4-2-1-3-5-8;;/h1-5,9-10H,6H2;;/t9-,10?;;/m1../s1. The summed E-state index contributed by atoms with van der Waals surface area (Å²) in [7, 11) is 0. The maximum absolute atomic E-state index is 13.6. The minimum absolute atomic E-state index is 0.121. The molecule has 1 radical (unpaired) electrons. The number of alkyl halides is 2. The van der Waals surface area contributed by atoms with Crippen molar-refractivity contribution in [2.24, 2.45) is 0 Å². The summed E-state index contributed by atoms with van der Waals surface area (Å²) in [6, 6.07) is 7.86. The van der Waals surface area contributed by atoms with Crippen molar-refractivity contribution in [1.29, 1.82) is 0 Å². The van der Waals surface area contributed by atoms with E-state index in [0.29, 0.717) is 0 Å². The second kappa shape index (κ2) is 6.64. The summed E-state index contributed by atoms with van der Waals surface area (Å²) < 4.78 is 40.1. The van der Waals surface area contributed by atoms with E-state index >= 15 is 0 Å². The molecular formula is C13H10BiF2O6. The first-order chi connectivity index (χ1) is 10.3. The second-order valence-electron chi connectivity index (χ2n) is 4.36. The Hall–Kier alpha value is -1.63. The van der Waals surface area contributed by atoms with Gasteiger partial charge in [0.15, 0.2) is 0 Å². The van der Waals surface area contributed by atoms with Gasteiger partial charge in [-0.3, -0.25) is 0 Å². The first kappa shape index (κ1) is 16.7. The van der Waals surface area contributed by atoms with E-state index in [1.54, 1.807) is 18.2 Å². The number of benzene rings is 1. The third-order valence-electron chi connectivity index (χ3n) is 2.85. The molecule has 0 amide bonds. The molecule has 22 heavy (non-hydrogen) atoms. The van der Waals surface area contributed by atoms with Gasteiger partial charge in [-0.05, 0) is 0 Å². The fraction of sp³-hybridized carbons (Fsp3) is 0.308. The van der Waals surface area contributed by atoms with Gasteiger partial charge in [0, 0.05) is 0 Å². The molecule has 0 saturated carbocycles. The molecule has 9 heteroatoms. The summed E-state index contributed by atoms with van der Waals surface area (Å²) in [5.74, 6) is -6.52. The molecule has 0 N–H and O–H groups in total. The van der Waals surface area contributed by atoms with Crippen LogP contribution in [-0.2, 0) is 19.0 Å². The first-order valence-corrected chi connectivity index (χ1v) is 8.00. The van der Waals surface area contributed by atoms with E-state index in [1.165, 1.54) is 12.1 Å². The van der Waals surface area contributed by atoms with Crippen LogP contribution in [0.15, 0.2) is 30.3 Å². The van der Waals surface area contributed by atoms with Crippen molar-refractivity contribution in [3.05, 3.63) is 35.9 Å². The van der Waals surface area contributed by atoms with E-state index in [-0.39, 0.29) is 30.3 Å². The maximum atomic E-state index is 13.6. The fourth-order valence-electron chi connectivity index (χ4n) is 1.83. The summed E-state index contributed by atoms with van der Waals surface area (Å²) in [4.78, 5) is 33.8. The Labute approximate surface area is 138 Å². The van der Waals surface area contributed by atoms with Crippen molar-refractivity contribution in [3.8, 4) is 0 Å². The quantitative estimate of drug-likeness (QED) is 0.340. The predicted molar refractivity (Wildman–Crippen MR) is 69.0 cm³/mol. The van der Waals surface area contributed by atoms with Crippen LogP contribution in [0, 0.1) is 0 Å². The zero-order valence-corrected chi connectivity index (χ0v) is 14.8. The number of halogens is 2. The average Bonchev–Trinajstić information content (AvgIpc) is 2.68. The van der Waals surface area contributed by atoms with Gasteiger partial charge < -0.3 is 0 Å². The number of hydrogen-bond acceptors (Lipinski definition) is 6. The van der Waals surface area contributed by atoms with Gasteiger partial charge >= 0.3 is 138 Å². The Kier molecular flexibility index (Phi) is 5.06. The Morgan fingerprint density at radius 1 is 1.27 bits per heavy atom. The molecule has 1 aliphatic heterocycles. The van der Waals surface area contributed by atoms with Crippen molar-refractivity contribution >= 4 is 40.3 Å². The first-order valence-electron chi connectivity index (χ1n) is 6.05. The second-order valence-corrected chi connectivity index (χ2v) is 5.94. The van der Waals surface area contributed by atoms with Gasteiger partial charge in [0.2, 0.25) is 0 Å². The average molecular weight is 509 g/mol. The van der Waals surface area contributed by atoms with Gasteiger partial charge in [-0.25, -0.2) is 0 Å². The van der Waals surface area contributed by atoms with E-state index < -0.39 is 40.4 Å². The van der Waals surface area contributed by atoms with Crippen LogP contribution in [0.5, 0.6) is 0 Å². The summed E-state index contributed by atoms with van der Waals surface area (Å²) >= 11 is -0.121. The van der Waals surface area contributed by atoms with Gasteiger partial charge in [-0.2, -0.15) is 0 Å². The number of carbonyl (C=O) groups is 3. The van der Waals surface area contributed by atoms with Gasteiger partial charge in [-0.1, -0.05) is 0 Å². The summed E-state index contributed by atoms with van der Waals surface area (Å²) in [5, 5.41) is 0. The van der Waals surface area contributed by atoms with Crippen LogP contribution in [0.3, 0.4) is 0 Å². The van der Waals surface area contributed by atoms with Crippen LogP contribution in [0.2, 0.25) is 0 Å². The molecule has 1 heterocycles. The molecule has 117 valence electrons. The van der Waals surface area contributed by atoms with Crippen LogP contribution in [0.4, 0.5) is 13.6 Å². The molecule has 0 spiro atoms. The third-order valence-corrected chi connectivity index (χ3v) is 3.31.